The summed E-state index contributed by atoms with van der Waals surface area (Å²) in [6, 6.07) is 21.1. The van der Waals surface area contributed by atoms with E-state index in [0.717, 1.165) is 52.2 Å². The maximum absolute atomic E-state index is 8.36. The van der Waals surface area contributed by atoms with Crippen LogP contribution in [0, 0.1) is 10.1 Å². The number of hydrogen-bond donors (Lipinski definition) is 1. The van der Waals surface area contributed by atoms with Crippen molar-refractivity contribution in [1.29, 1.82) is 0 Å². The first kappa shape index (κ1) is 20.8. The van der Waals surface area contributed by atoms with Gasteiger partial charge in [0.2, 0.25) is 0 Å². The van der Waals surface area contributed by atoms with Crippen molar-refractivity contribution < 1.29 is 68.0 Å². The SMILES string of the molecule is O.O=[N+]([O-])O.[Hg][c]1ccccc1.[Hg][c]1ccccc1. The van der Waals surface area contributed by atoms with Gasteiger partial charge in [-0.2, -0.15) is 0 Å². The maximum atomic E-state index is 8.36. The molecule has 0 radical (unpaired) electrons. The van der Waals surface area contributed by atoms with Crippen molar-refractivity contribution in [3.8, 4) is 0 Å². The van der Waals surface area contributed by atoms with Gasteiger partial charge >= 0.3 is 119 Å². The Bertz CT molecular complexity index is 398. The van der Waals surface area contributed by atoms with Crippen molar-refractivity contribution in [2.75, 3.05) is 0 Å². The minimum atomic E-state index is -1.50. The normalized spacial score (nSPS) is 7.79. The standard InChI is InChI=1S/2C6H5.2Hg.HNO3.H2O/c2*1-2-4-6-5-3-1;;;2-1(3)4;/h2*1-5H;;;(H,2,3,4);1H2. The van der Waals surface area contributed by atoms with Crippen molar-refractivity contribution in [3.05, 3.63) is 70.8 Å². The van der Waals surface area contributed by atoms with Crippen LogP contribution in [-0.2, 0) is 52.2 Å². The number of nitrogens with zero attached hydrogens (tertiary/aromatic N) is 1. The summed E-state index contributed by atoms with van der Waals surface area (Å²) >= 11 is 1.62. The van der Waals surface area contributed by atoms with Gasteiger partial charge in [0.05, 0.1) is 0 Å². The van der Waals surface area contributed by atoms with Crippen LogP contribution in [0.3, 0.4) is 0 Å². The molecule has 0 saturated carbocycles. The molecule has 0 unspecified atom stereocenters. The van der Waals surface area contributed by atoms with Crippen LogP contribution >= 0.6 is 0 Å². The molecule has 7 heteroatoms. The fourth-order valence-electron chi connectivity index (χ4n) is 0.956. The molecule has 0 spiro atoms. The number of hydrogen-bond acceptors (Lipinski definition) is 2. The molecule has 0 bridgehead atoms. The summed E-state index contributed by atoms with van der Waals surface area (Å²) in [7, 11) is 0. The molecule has 5 nitrogen and oxygen atoms in total. The van der Waals surface area contributed by atoms with Crippen LogP contribution < -0.4 is 6.14 Å². The van der Waals surface area contributed by atoms with Gasteiger partial charge in [0, 0.05) is 0 Å². The number of rotatable bonds is 0. The van der Waals surface area contributed by atoms with Gasteiger partial charge in [-0.15, -0.1) is 10.1 Å². The van der Waals surface area contributed by atoms with E-state index in [1.807, 2.05) is 0 Å². The van der Waals surface area contributed by atoms with E-state index in [4.69, 9.17) is 15.3 Å². The Hall–Kier alpha value is -0.530. The Kier molecular flexibility index (Phi) is 15.2. The molecular formula is C12H13Hg2NO4. The molecule has 0 saturated heterocycles. The van der Waals surface area contributed by atoms with E-state index in [1.54, 1.807) is 0 Å². The van der Waals surface area contributed by atoms with Gasteiger partial charge in [-0.1, -0.05) is 0 Å². The monoisotopic (exact) mass is 639 g/mol. The van der Waals surface area contributed by atoms with Gasteiger partial charge in [-0.3, -0.25) is 0 Å². The second-order valence-electron chi connectivity index (χ2n) is 3.21. The molecule has 0 amide bonds. The molecule has 0 aromatic heterocycles. The van der Waals surface area contributed by atoms with Gasteiger partial charge < -0.3 is 10.7 Å². The van der Waals surface area contributed by atoms with Crippen molar-refractivity contribution in [3.63, 3.8) is 0 Å². The third kappa shape index (κ3) is 17.5. The first-order chi connectivity index (χ1) is 8.52. The fourth-order valence-corrected chi connectivity index (χ4v) is 3.07. The molecule has 0 heterocycles. The van der Waals surface area contributed by atoms with E-state index in [1.165, 1.54) is 6.14 Å². The van der Waals surface area contributed by atoms with Gasteiger partial charge in [0.15, 0.2) is 0 Å². The molecule has 19 heavy (non-hydrogen) atoms. The Labute approximate surface area is 144 Å². The van der Waals surface area contributed by atoms with E-state index in [-0.39, 0.29) is 5.48 Å². The van der Waals surface area contributed by atoms with E-state index in [0.29, 0.717) is 0 Å². The average molecular weight is 636 g/mol. The molecule has 0 aliphatic heterocycles. The van der Waals surface area contributed by atoms with Gasteiger partial charge in [-0.25, -0.2) is 0 Å². The summed E-state index contributed by atoms with van der Waals surface area (Å²) in [5.74, 6) is 0. The Morgan fingerprint density at radius 1 is 0.842 bits per heavy atom. The predicted octanol–water partition coefficient (Wildman–Crippen LogP) is 0.545. The van der Waals surface area contributed by atoms with Crippen molar-refractivity contribution >= 4 is 6.14 Å². The molecule has 2 aromatic carbocycles. The van der Waals surface area contributed by atoms with Crippen LogP contribution in [0.25, 0.3) is 0 Å². The summed E-state index contributed by atoms with van der Waals surface area (Å²) in [6.07, 6.45) is 0. The van der Waals surface area contributed by atoms with Gasteiger partial charge in [-0.05, 0) is 0 Å². The quantitative estimate of drug-likeness (QED) is 0.260. The van der Waals surface area contributed by atoms with Crippen LogP contribution in [-0.4, -0.2) is 15.8 Å². The molecule has 2 rings (SSSR count). The molecule has 0 aliphatic rings. The fraction of sp³-hybridized carbons (Fsp3) is 0. The van der Waals surface area contributed by atoms with Crippen LogP contribution in [0.4, 0.5) is 0 Å². The first-order valence-corrected chi connectivity index (χ1v) is 10.6. The zero-order valence-corrected chi connectivity index (χ0v) is 21.4. The van der Waals surface area contributed by atoms with Crippen molar-refractivity contribution in [2.24, 2.45) is 0 Å². The van der Waals surface area contributed by atoms with Crippen LogP contribution in [0.2, 0.25) is 0 Å². The molecule has 0 atom stereocenters. The second-order valence-corrected chi connectivity index (χ2v) is 9.56. The van der Waals surface area contributed by atoms with Crippen molar-refractivity contribution in [1.82, 2.24) is 0 Å². The summed E-state index contributed by atoms with van der Waals surface area (Å²) in [4.78, 5) is 8.36. The predicted molar refractivity (Wildman–Crippen MR) is 64.5 cm³/mol. The third-order valence-corrected chi connectivity index (χ3v) is 5.35. The third-order valence-electron chi connectivity index (χ3n) is 1.69. The minimum absolute atomic E-state index is 0. The first-order valence-electron chi connectivity index (χ1n) is 5.09. The summed E-state index contributed by atoms with van der Waals surface area (Å²) in [6.45, 7) is 0. The summed E-state index contributed by atoms with van der Waals surface area (Å²) < 4.78 is 3.03. The van der Waals surface area contributed by atoms with E-state index in [9.17, 15) is 0 Å². The molecule has 94 valence electrons. The topological polar surface area (TPSA) is 94.9 Å². The molecule has 0 fully saturated rings. The molecule has 0 aliphatic carbocycles. The molecular weight excluding hydrogens is 623 g/mol. The zero-order chi connectivity index (χ0) is 13.8. The molecule has 3 N–H and O–H groups in total. The Balaban J connectivity index is 0. The van der Waals surface area contributed by atoms with Crippen molar-refractivity contribution in [2.45, 2.75) is 0 Å². The van der Waals surface area contributed by atoms with Gasteiger partial charge in [0.1, 0.15) is 0 Å². The van der Waals surface area contributed by atoms with Crippen LogP contribution in [0.15, 0.2) is 60.7 Å². The van der Waals surface area contributed by atoms with E-state index >= 15 is 0 Å². The average Bonchev–Trinajstić information content (AvgIpc) is 2.31. The van der Waals surface area contributed by atoms with Crippen LogP contribution in [0.1, 0.15) is 0 Å². The van der Waals surface area contributed by atoms with Gasteiger partial charge in [0.25, 0.3) is 5.09 Å². The summed E-state index contributed by atoms with van der Waals surface area (Å²) in [5.41, 5.74) is 0. The van der Waals surface area contributed by atoms with E-state index < -0.39 is 5.09 Å². The van der Waals surface area contributed by atoms with E-state index in [2.05, 4.69) is 60.7 Å². The zero-order valence-electron chi connectivity index (χ0n) is 10.4. The summed E-state index contributed by atoms with van der Waals surface area (Å²) in [5, 5.41) is 13.6. The second kappa shape index (κ2) is 13.9. The number of benzene rings is 2. The van der Waals surface area contributed by atoms with Crippen LogP contribution in [0.5, 0.6) is 0 Å². The molecule has 2 aromatic rings. The Morgan fingerprint density at radius 2 is 1.05 bits per heavy atom. The Morgan fingerprint density at radius 3 is 1.16 bits per heavy atom.